The molecule has 0 bridgehead atoms. The highest BCUT2D eigenvalue weighted by atomic mass is 35.5. The molecule has 1 saturated heterocycles. The smallest absolute Gasteiger partial charge is 0.245 e. The Labute approximate surface area is 496 Å². The molecule has 0 aliphatic carbocycles. The lowest BCUT2D eigenvalue weighted by atomic mass is 9.88. The molecule has 3 rings (SSSR count). The van der Waals surface area contributed by atoms with Gasteiger partial charge in [-0.3, -0.25) is 48.2 Å². The Balaban J connectivity index is 1.55. The molecular weight excluding hydrogens is 1100 g/mol. The first-order chi connectivity index (χ1) is 39.0. The van der Waals surface area contributed by atoms with Gasteiger partial charge in [0.1, 0.15) is 30.1 Å². The average molecular weight is 1190 g/mol. The highest BCUT2D eigenvalue weighted by Gasteiger charge is 2.44. The lowest BCUT2D eigenvalue weighted by Gasteiger charge is -2.41. The second kappa shape index (κ2) is 37.3. The van der Waals surface area contributed by atoms with Crippen molar-refractivity contribution in [2.24, 2.45) is 23.7 Å². The van der Waals surface area contributed by atoms with Crippen molar-refractivity contribution in [1.82, 2.24) is 30.7 Å². The van der Waals surface area contributed by atoms with E-state index >= 15 is 0 Å². The molecule has 82 heavy (non-hydrogen) atoms. The summed E-state index contributed by atoms with van der Waals surface area (Å²) in [6.45, 7) is 15.8. The van der Waals surface area contributed by atoms with Crippen LogP contribution in [0.15, 0.2) is 48.5 Å². The maximum Gasteiger partial charge on any atom is 0.245 e. The number of carbonyl (C=O) groups excluding carboxylic acids is 8. The lowest BCUT2D eigenvalue weighted by molar-refractivity contribution is -0.148. The predicted octanol–water partition coefficient (Wildman–Crippen LogP) is 6.31. The summed E-state index contributed by atoms with van der Waals surface area (Å²) in [7, 11) is 8.47. The van der Waals surface area contributed by atoms with Crippen molar-refractivity contribution in [2.75, 3.05) is 97.3 Å². The van der Waals surface area contributed by atoms with E-state index in [9.17, 15) is 38.4 Å². The van der Waals surface area contributed by atoms with E-state index in [1.54, 1.807) is 32.0 Å². The Kier molecular flexibility index (Phi) is 32.4. The third kappa shape index (κ3) is 22.5. The number of likely N-dealkylation sites (N-methyl/N-ethyl adjacent to an activating group) is 2. The van der Waals surface area contributed by atoms with Gasteiger partial charge in [-0.25, -0.2) is 0 Å². The van der Waals surface area contributed by atoms with E-state index in [1.165, 1.54) is 19.2 Å². The number of rotatable bonds is 39. The maximum absolute atomic E-state index is 14.5. The fourth-order valence-corrected chi connectivity index (χ4v) is 10.6. The number of halogens is 2. The quantitative estimate of drug-likeness (QED) is 0.0280. The van der Waals surface area contributed by atoms with Gasteiger partial charge >= 0.3 is 0 Å². The molecule has 2 aromatic rings. The number of anilines is 2. The number of ether oxygens (including phenoxy) is 4. The second-order valence-electron chi connectivity index (χ2n) is 22.1. The Morgan fingerprint density at radius 1 is 0.732 bits per heavy atom. The third-order valence-corrected chi connectivity index (χ3v) is 15.5. The molecule has 0 radical (unpaired) electrons. The molecule has 1 aliphatic rings. The monoisotopic (exact) mass is 1190 g/mol. The van der Waals surface area contributed by atoms with Gasteiger partial charge in [0.25, 0.3) is 0 Å². The second-order valence-corrected chi connectivity index (χ2v) is 22.6. The van der Waals surface area contributed by atoms with Crippen molar-refractivity contribution in [3.63, 3.8) is 0 Å². The first-order valence-electron chi connectivity index (χ1n) is 28.8. The highest BCUT2D eigenvalue weighted by Crippen LogP contribution is 2.30. The highest BCUT2D eigenvalue weighted by molar-refractivity contribution is 6.30. The number of hydrogen-bond acceptors (Lipinski definition) is 14. The Morgan fingerprint density at radius 2 is 1.37 bits per heavy atom. The van der Waals surface area contributed by atoms with Gasteiger partial charge in [-0.05, 0) is 94.6 Å². The number of unbranched alkanes of at least 4 members (excludes halogenated alkanes) is 1. The van der Waals surface area contributed by atoms with Crippen LogP contribution in [0.5, 0.6) is 0 Å². The number of likely N-dealkylation sites (tertiary alicyclic amines) is 1. The summed E-state index contributed by atoms with van der Waals surface area (Å²) in [5.74, 6) is -4.11. The zero-order chi connectivity index (χ0) is 61.1. The molecule has 0 aromatic heterocycles. The van der Waals surface area contributed by atoms with Crippen molar-refractivity contribution in [1.29, 1.82) is 0 Å². The molecular formula is C60H94Cl2N8O12. The van der Waals surface area contributed by atoms with Gasteiger partial charge in [-0.15, -0.1) is 23.2 Å². The minimum Gasteiger partial charge on any atom is -0.379 e. The average Bonchev–Trinajstić information content (AvgIpc) is 4.15. The van der Waals surface area contributed by atoms with Gasteiger partial charge in [0, 0.05) is 72.4 Å². The van der Waals surface area contributed by atoms with Crippen LogP contribution in [0.25, 0.3) is 0 Å². The first-order valence-corrected chi connectivity index (χ1v) is 29.9. The topological polar surface area (TPSA) is 243 Å². The van der Waals surface area contributed by atoms with E-state index in [2.05, 4.69) is 26.6 Å². The Bertz CT molecular complexity index is 2340. The Morgan fingerprint density at radius 3 is 1.94 bits per heavy atom. The molecule has 1 fully saturated rings. The van der Waals surface area contributed by atoms with E-state index in [0.29, 0.717) is 89.3 Å². The van der Waals surface area contributed by atoms with E-state index < -0.39 is 66.2 Å². The number of amides is 6. The van der Waals surface area contributed by atoms with Gasteiger partial charge in [-0.2, -0.15) is 0 Å². The van der Waals surface area contributed by atoms with Gasteiger partial charge in [-0.1, -0.05) is 78.3 Å². The zero-order valence-corrected chi connectivity index (χ0v) is 52.0. The number of ketones is 2. The SMILES string of the molecule is CC[C@H](C)[C@@H]([C@@H](CC(=O)C1CCCN1[C@H](OC)[C@@H](C)C(=O)N[C@H](Cc1ccccc1)C(=O)NCCCCOCCOCCCC(=O)c1ccc(NC(=O)CCl)c(NC(=O)CCl)c1)OC)N(C)C(=O)[C@H](NC(=O)[C@H](C(C)C)N(C)C)C(C)C. The Hall–Kier alpha value is -5.06. The molecule has 2 aromatic carbocycles. The van der Waals surface area contributed by atoms with E-state index in [4.69, 9.17) is 42.1 Å². The molecule has 5 N–H and O–H groups in total. The van der Waals surface area contributed by atoms with Gasteiger partial charge in [0.2, 0.25) is 35.4 Å². The van der Waals surface area contributed by atoms with Crippen LogP contribution >= 0.6 is 23.2 Å². The van der Waals surface area contributed by atoms with Crippen LogP contribution < -0.4 is 26.6 Å². The normalized spacial score (nSPS) is 16.6. The number of benzene rings is 2. The van der Waals surface area contributed by atoms with Crippen LogP contribution in [0.1, 0.15) is 116 Å². The number of nitrogens with one attached hydrogen (secondary N) is 5. The van der Waals surface area contributed by atoms with Gasteiger partial charge in [0.15, 0.2) is 11.6 Å². The summed E-state index contributed by atoms with van der Waals surface area (Å²) < 4.78 is 23.5. The lowest BCUT2D eigenvalue weighted by Crippen LogP contribution is -2.59. The van der Waals surface area contributed by atoms with Crippen LogP contribution in [-0.2, 0) is 58.9 Å². The molecule has 0 saturated carbocycles. The summed E-state index contributed by atoms with van der Waals surface area (Å²) in [6.07, 6.45) is 2.63. The molecule has 22 heteroatoms. The number of methoxy groups -OCH3 is 2. The molecule has 20 nitrogen and oxygen atoms in total. The summed E-state index contributed by atoms with van der Waals surface area (Å²) in [5, 5.41) is 14.2. The number of hydrogen-bond donors (Lipinski definition) is 5. The van der Waals surface area contributed by atoms with Crippen molar-refractivity contribution in [2.45, 2.75) is 149 Å². The van der Waals surface area contributed by atoms with Crippen LogP contribution in [0.2, 0.25) is 0 Å². The molecule has 0 spiro atoms. The number of nitrogens with zero attached hydrogens (tertiary/aromatic N) is 3. The molecule has 6 amide bonds. The van der Waals surface area contributed by atoms with Gasteiger partial charge in [0.05, 0.1) is 54.7 Å². The predicted molar refractivity (Wildman–Crippen MR) is 320 cm³/mol. The third-order valence-electron chi connectivity index (χ3n) is 15.0. The summed E-state index contributed by atoms with van der Waals surface area (Å²) in [5.41, 5.74) is 1.73. The standard InChI is InChI=1S/C60H94Cl2N8O12/c1-13-40(6)55(69(10)59(78)53(38(2)3)67-58(77)54(39(4)5)68(8)9)50(79-11)35-49(72)47-23-19-28-70(47)60(80-12)41(7)56(75)66-46(33-42-21-15-14-16-22-42)57(76)63-27-17-18-29-81-31-32-82-30-20-24-48(71)43-25-26-44(64-51(73)36-61)45(34-43)65-52(74)37-62/h14-16,21-22,25-26,34,38-41,46-47,50,53-55,60H,13,17-20,23-24,27-33,35-37H2,1-12H3,(H,63,76)(H,64,73)(H,65,74)(H,66,75)(H,67,77)/t40-,41-,46+,47?,50+,53+,54-,55-,60+/m0/s1. The first kappa shape index (κ1) is 71.2. The van der Waals surface area contributed by atoms with Crippen LogP contribution in [-0.4, -0.2) is 191 Å². The maximum atomic E-state index is 14.5. The summed E-state index contributed by atoms with van der Waals surface area (Å²) >= 11 is 11.2. The summed E-state index contributed by atoms with van der Waals surface area (Å²) in [6, 6.07) is 10.8. The van der Waals surface area contributed by atoms with E-state index in [0.717, 1.165) is 5.56 Å². The minimum atomic E-state index is -0.903. The van der Waals surface area contributed by atoms with Crippen LogP contribution in [0.4, 0.5) is 11.4 Å². The zero-order valence-electron chi connectivity index (χ0n) is 50.5. The van der Waals surface area contributed by atoms with E-state index in [-0.39, 0.29) is 83.8 Å². The number of Topliss-reactive ketones (excluding diaryl/α,β-unsaturated/α-hetero) is 2. The number of carbonyl (C=O) groups is 8. The fourth-order valence-electron chi connectivity index (χ4n) is 10.5. The van der Waals surface area contributed by atoms with Crippen molar-refractivity contribution in [3.8, 4) is 0 Å². The largest absolute Gasteiger partial charge is 0.379 e. The molecule has 460 valence electrons. The summed E-state index contributed by atoms with van der Waals surface area (Å²) in [4.78, 5) is 113. The molecule has 9 atom stereocenters. The van der Waals surface area contributed by atoms with Crippen molar-refractivity contribution in [3.05, 3.63) is 59.7 Å². The fraction of sp³-hybridized carbons (Fsp3) is 0.667. The van der Waals surface area contributed by atoms with Crippen molar-refractivity contribution >= 4 is 81.6 Å². The van der Waals surface area contributed by atoms with Crippen LogP contribution in [0.3, 0.4) is 0 Å². The van der Waals surface area contributed by atoms with E-state index in [1.807, 2.05) is 95.8 Å². The van der Waals surface area contributed by atoms with Crippen LogP contribution in [0, 0.1) is 23.7 Å². The molecule has 1 unspecified atom stereocenters. The number of alkyl halides is 2. The van der Waals surface area contributed by atoms with Gasteiger partial charge < -0.3 is 50.4 Å². The minimum absolute atomic E-state index is 0.00333. The molecule has 1 heterocycles. The van der Waals surface area contributed by atoms with Crippen molar-refractivity contribution < 1.29 is 57.3 Å². The molecule has 1 aliphatic heterocycles.